The maximum atomic E-state index is 13.4. The van der Waals surface area contributed by atoms with Gasteiger partial charge in [0.25, 0.3) is 5.69 Å². The Balaban J connectivity index is 2.20. The summed E-state index contributed by atoms with van der Waals surface area (Å²) in [5.41, 5.74) is 0.256. The molecule has 0 saturated heterocycles. The van der Waals surface area contributed by atoms with Crippen LogP contribution < -0.4 is 5.32 Å². The number of rotatable bonds is 4. The fourth-order valence-corrected chi connectivity index (χ4v) is 1.85. The van der Waals surface area contributed by atoms with Gasteiger partial charge in [0.15, 0.2) is 0 Å². The number of halogens is 3. The van der Waals surface area contributed by atoms with E-state index in [-0.39, 0.29) is 22.9 Å². The summed E-state index contributed by atoms with van der Waals surface area (Å²) in [6.45, 7) is 0.0238. The molecule has 0 unspecified atom stereocenters. The molecule has 7 heteroatoms. The third-order valence-corrected chi connectivity index (χ3v) is 2.88. The highest BCUT2D eigenvalue weighted by Gasteiger charge is 2.14. The normalized spacial score (nSPS) is 10.3. The average molecular weight is 299 g/mol. The van der Waals surface area contributed by atoms with Crippen molar-refractivity contribution in [2.75, 3.05) is 5.32 Å². The van der Waals surface area contributed by atoms with Gasteiger partial charge in [-0.15, -0.1) is 0 Å². The van der Waals surface area contributed by atoms with Crippen LogP contribution in [-0.4, -0.2) is 4.92 Å². The van der Waals surface area contributed by atoms with E-state index in [0.29, 0.717) is 5.56 Å². The van der Waals surface area contributed by atoms with Crippen LogP contribution in [0.2, 0.25) is 5.02 Å². The van der Waals surface area contributed by atoms with E-state index in [1.54, 1.807) is 0 Å². The third-order valence-electron chi connectivity index (χ3n) is 2.64. The summed E-state index contributed by atoms with van der Waals surface area (Å²) in [6.07, 6.45) is 0. The van der Waals surface area contributed by atoms with Crippen molar-refractivity contribution >= 4 is 23.0 Å². The summed E-state index contributed by atoms with van der Waals surface area (Å²) in [7, 11) is 0. The Morgan fingerprint density at radius 3 is 2.60 bits per heavy atom. The van der Waals surface area contributed by atoms with E-state index in [4.69, 9.17) is 11.6 Å². The number of hydrogen-bond acceptors (Lipinski definition) is 3. The molecule has 0 aliphatic rings. The van der Waals surface area contributed by atoms with Crippen molar-refractivity contribution < 1.29 is 13.7 Å². The van der Waals surface area contributed by atoms with E-state index in [1.165, 1.54) is 24.3 Å². The zero-order valence-electron chi connectivity index (χ0n) is 10.1. The van der Waals surface area contributed by atoms with Crippen LogP contribution in [0.3, 0.4) is 0 Å². The molecule has 0 aliphatic carbocycles. The molecule has 104 valence electrons. The Bertz CT molecular complexity index is 665. The fraction of sp³-hybridized carbons (Fsp3) is 0.0769. The molecule has 0 heterocycles. The lowest BCUT2D eigenvalue weighted by molar-refractivity contribution is -0.385. The third kappa shape index (κ3) is 3.21. The Hall–Kier alpha value is -2.21. The molecule has 20 heavy (non-hydrogen) atoms. The maximum absolute atomic E-state index is 13.4. The molecule has 2 aromatic carbocycles. The Morgan fingerprint density at radius 2 is 1.95 bits per heavy atom. The van der Waals surface area contributed by atoms with E-state index < -0.39 is 16.6 Å². The molecule has 4 nitrogen and oxygen atoms in total. The number of benzene rings is 2. The van der Waals surface area contributed by atoms with Crippen molar-refractivity contribution in [3.8, 4) is 0 Å². The Labute approximate surface area is 118 Å². The molecule has 0 fully saturated rings. The van der Waals surface area contributed by atoms with Crippen molar-refractivity contribution in [3.05, 3.63) is 68.7 Å². The van der Waals surface area contributed by atoms with Gasteiger partial charge in [-0.05, 0) is 24.3 Å². The van der Waals surface area contributed by atoms with Gasteiger partial charge in [-0.1, -0.05) is 11.6 Å². The molecular weight excluding hydrogens is 290 g/mol. The summed E-state index contributed by atoms with van der Waals surface area (Å²) in [5.74, 6) is -1.45. The molecule has 0 bridgehead atoms. The number of hydrogen-bond donors (Lipinski definition) is 1. The van der Waals surface area contributed by atoms with Crippen LogP contribution >= 0.6 is 11.6 Å². The molecule has 0 atom stereocenters. The topological polar surface area (TPSA) is 55.2 Å². The van der Waals surface area contributed by atoms with Gasteiger partial charge in [0.2, 0.25) is 0 Å². The first-order valence-corrected chi connectivity index (χ1v) is 5.97. The fourth-order valence-electron chi connectivity index (χ4n) is 1.68. The molecule has 0 aromatic heterocycles. The van der Waals surface area contributed by atoms with Gasteiger partial charge in [0.05, 0.1) is 10.6 Å². The first kappa shape index (κ1) is 14.2. The molecule has 0 saturated carbocycles. The minimum absolute atomic E-state index is 0.0238. The van der Waals surface area contributed by atoms with E-state index in [0.717, 1.165) is 12.1 Å². The van der Waals surface area contributed by atoms with Gasteiger partial charge >= 0.3 is 0 Å². The Morgan fingerprint density at radius 1 is 1.20 bits per heavy atom. The SMILES string of the molecule is O=[N+]([O-])c1cc(Cl)ccc1CNc1ccc(F)cc1F. The van der Waals surface area contributed by atoms with Gasteiger partial charge in [-0.2, -0.15) is 0 Å². The average Bonchev–Trinajstić information content (AvgIpc) is 2.38. The van der Waals surface area contributed by atoms with Gasteiger partial charge in [0.1, 0.15) is 11.6 Å². The van der Waals surface area contributed by atoms with E-state index in [1.807, 2.05) is 0 Å². The number of anilines is 1. The standard InChI is InChI=1S/C13H9ClF2N2O2/c14-9-2-1-8(13(5-9)18(19)20)7-17-12-4-3-10(15)6-11(12)16/h1-6,17H,7H2. The second-order valence-corrected chi connectivity index (χ2v) is 4.44. The van der Waals surface area contributed by atoms with Gasteiger partial charge in [-0.3, -0.25) is 10.1 Å². The summed E-state index contributed by atoms with van der Waals surface area (Å²) in [5, 5.41) is 13.8. The lowest BCUT2D eigenvalue weighted by atomic mass is 10.1. The van der Waals surface area contributed by atoms with E-state index in [2.05, 4.69) is 5.32 Å². The first-order chi connectivity index (χ1) is 9.47. The number of nitrogens with zero attached hydrogens (tertiary/aromatic N) is 1. The largest absolute Gasteiger partial charge is 0.378 e. The minimum atomic E-state index is -0.762. The minimum Gasteiger partial charge on any atom is -0.378 e. The summed E-state index contributed by atoms with van der Waals surface area (Å²) >= 11 is 5.69. The van der Waals surface area contributed by atoms with Gasteiger partial charge in [0, 0.05) is 29.3 Å². The summed E-state index contributed by atoms with van der Waals surface area (Å²) in [4.78, 5) is 10.3. The van der Waals surface area contributed by atoms with Crippen molar-refractivity contribution in [1.82, 2.24) is 0 Å². The van der Waals surface area contributed by atoms with E-state index in [9.17, 15) is 18.9 Å². The van der Waals surface area contributed by atoms with Gasteiger partial charge in [-0.25, -0.2) is 8.78 Å². The van der Waals surface area contributed by atoms with Gasteiger partial charge < -0.3 is 5.32 Å². The molecule has 0 amide bonds. The second kappa shape index (κ2) is 5.83. The van der Waals surface area contributed by atoms with Crippen LogP contribution in [0.25, 0.3) is 0 Å². The van der Waals surface area contributed by atoms with Crippen LogP contribution in [0.1, 0.15) is 5.56 Å². The van der Waals surface area contributed by atoms with Crippen molar-refractivity contribution in [2.45, 2.75) is 6.54 Å². The molecule has 2 rings (SSSR count). The predicted molar refractivity (Wildman–Crippen MR) is 71.8 cm³/mol. The van der Waals surface area contributed by atoms with Crippen LogP contribution in [0.5, 0.6) is 0 Å². The van der Waals surface area contributed by atoms with Crippen LogP contribution in [0.15, 0.2) is 36.4 Å². The molecule has 0 spiro atoms. The van der Waals surface area contributed by atoms with Crippen LogP contribution in [0, 0.1) is 21.7 Å². The highest BCUT2D eigenvalue weighted by atomic mass is 35.5. The second-order valence-electron chi connectivity index (χ2n) is 4.01. The zero-order chi connectivity index (χ0) is 14.7. The quantitative estimate of drug-likeness (QED) is 0.682. The highest BCUT2D eigenvalue weighted by Crippen LogP contribution is 2.24. The van der Waals surface area contributed by atoms with E-state index >= 15 is 0 Å². The van der Waals surface area contributed by atoms with Crippen molar-refractivity contribution in [2.24, 2.45) is 0 Å². The summed E-state index contributed by atoms with van der Waals surface area (Å²) < 4.78 is 26.2. The molecular formula is C13H9ClF2N2O2. The molecule has 0 radical (unpaired) electrons. The van der Waals surface area contributed by atoms with Crippen LogP contribution in [0.4, 0.5) is 20.2 Å². The first-order valence-electron chi connectivity index (χ1n) is 5.59. The molecule has 0 aliphatic heterocycles. The number of nitrogens with one attached hydrogen (secondary N) is 1. The molecule has 1 N–H and O–H groups in total. The zero-order valence-corrected chi connectivity index (χ0v) is 10.8. The molecule has 2 aromatic rings. The van der Waals surface area contributed by atoms with Crippen molar-refractivity contribution in [1.29, 1.82) is 0 Å². The number of nitro groups is 1. The monoisotopic (exact) mass is 298 g/mol. The number of nitro benzene ring substituents is 1. The lowest BCUT2D eigenvalue weighted by Crippen LogP contribution is -2.04. The smallest absolute Gasteiger partial charge is 0.275 e. The lowest BCUT2D eigenvalue weighted by Gasteiger charge is -2.08. The Kier molecular flexibility index (Phi) is 4.14. The van der Waals surface area contributed by atoms with Crippen LogP contribution in [-0.2, 0) is 6.54 Å². The maximum Gasteiger partial charge on any atom is 0.275 e. The predicted octanol–water partition coefficient (Wildman–Crippen LogP) is 4.14. The van der Waals surface area contributed by atoms with Crippen molar-refractivity contribution in [3.63, 3.8) is 0 Å². The summed E-state index contributed by atoms with van der Waals surface area (Å²) in [6, 6.07) is 7.27. The highest BCUT2D eigenvalue weighted by molar-refractivity contribution is 6.30.